The standard InChI is InChI=1S/C12H16BrNOS/c1-8-5-10(7-16-8)14-9-3-4-11(13)12(6-9)15-2/h3-4,6,8,10,14H,5,7H2,1-2H3. The predicted molar refractivity (Wildman–Crippen MR) is 74.6 cm³/mol. The molecule has 0 aromatic heterocycles. The van der Waals surface area contributed by atoms with E-state index in [0.29, 0.717) is 6.04 Å². The molecule has 2 rings (SSSR count). The van der Waals surface area contributed by atoms with Gasteiger partial charge in [-0.15, -0.1) is 0 Å². The minimum Gasteiger partial charge on any atom is -0.495 e. The Labute approximate surface area is 109 Å². The van der Waals surface area contributed by atoms with E-state index in [-0.39, 0.29) is 0 Å². The van der Waals surface area contributed by atoms with Crippen LogP contribution < -0.4 is 10.1 Å². The number of halogens is 1. The third-order valence-corrected chi connectivity index (χ3v) is 4.73. The van der Waals surface area contributed by atoms with Gasteiger partial charge in [0.05, 0.1) is 11.6 Å². The third kappa shape index (κ3) is 2.86. The van der Waals surface area contributed by atoms with Crippen molar-refractivity contribution in [3.8, 4) is 5.75 Å². The van der Waals surface area contributed by atoms with E-state index < -0.39 is 0 Å². The lowest BCUT2D eigenvalue weighted by atomic mass is 10.2. The van der Waals surface area contributed by atoms with Crippen molar-refractivity contribution in [3.05, 3.63) is 22.7 Å². The molecule has 2 nitrogen and oxygen atoms in total. The van der Waals surface area contributed by atoms with Crippen LogP contribution >= 0.6 is 27.7 Å². The van der Waals surface area contributed by atoms with E-state index >= 15 is 0 Å². The van der Waals surface area contributed by atoms with Gasteiger partial charge in [0.2, 0.25) is 0 Å². The van der Waals surface area contributed by atoms with Crippen LogP contribution in [-0.2, 0) is 0 Å². The van der Waals surface area contributed by atoms with Gasteiger partial charge in [0.1, 0.15) is 5.75 Å². The molecule has 1 aromatic rings. The molecule has 1 aromatic carbocycles. The van der Waals surface area contributed by atoms with Crippen LogP contribution in [0.5, 0.6) is 5.75 Å². The van der Waals surface area contributed by atoms with E-state index in [4.69, 9.17) is 4.74 Å². The highest BCUT2D eigenvalue weighted by atomic mass is 79.9. The molecule has 16 heavy (non-hydrogen) atoms. The van der Waals surface area contributed by atoms with Gasteiger partial charge < -0.3 is 10.1 Å². The molecule has 1 fully saturated rings. The molecule has 0 spiro atoms. The number of nitrogens with one attached hydrogen (secondary N) is 1. The zero-order valence-electron chi connectivity index (χ0n) is 9.50. The minimum atomic E-state index is 0.589. The fourth-order valence-electron chi connectivity index (χ4n) is 1.90. The van der Waals surface area contributed by atoms with Gasteiger partial charge in [-0.3, -0.25) is 0 Å². The van der Waals surface area contributed by atoms with E-state index in [9.17, 15) is 0 Å². The second-order valence-corrected chi connectivity index (χ2v) is 6.40. The summed E-state index contributed by atoms with van der Waals surface area (Å²) >= 11 is 5.49. The average molecular weight is 302 g/mol. The summed E-state index contributed by atoms with van der Waals surface area (Å²) in [7, 11) is 1.69. The van der Waals surface area contributed by atoms with Crippen LogP contribution in [0.3, 0.4) is 0 Å². The Kier molecular flexibility index (Phi) is 4.03. The molecule has 1 aliphatic rings. The van der Waals surface area contributed by atoms with Crippen LogP contribution in [-0.4, -0.2) is 24.2 Å². The number of rotatable bonds is 3. The zero-order chi connectivity index (χ0) is 11.5. The summed E-state index contributed by atoms with van der Waals surface area (Å²) < 4.78 is 6.27. The maximum absolute atomic E-state index is 5.28. The fourth-order valence-corrected chi connectivity index (χ4v) is 3.46. The number of thioether (sulfide) groups is 1. The van der Waals surface area contributed by atoms with Crippen LogP contribution in [0.15, 0.2) is 22.7 Å². The van der Waals surface area contributed by atoms with Crippen molar-refractivity contribution in [3.63, 3.8) is 0 Å². The molecule has 1 N–H and O–H groups in total. The normalized spacial score (nSPS) is 24.4. The van der Waals surface area contributed by atoms with Crippen LogP contribution in [0, 0.1) is 0 Å². The van der Waals surface area contributed by atoms with Gasteiger partial charge >= 0.3 is 0 Å². The average Bonchev–Trinajstić information content (AvgIpc) is 2.67. The van der Waals surface area contributed by atoms with Crippen LogP contribution in [0.25, 0.3) is 0 Å². The highest BCUT2D eigenvalue weighted by Crippen LogP contribution is 2.31. The predicted octanol–water partition coefficient (Wildman–Crippen LogP) is 3.76. The lowest BCUT2D eigenvalue weighted by molar-refractivity contribution is 0.412. The first-order valence-corrected chi connectivity index (χ1v) is 7.25. The number of hydrogen-bond acceptors (Lipinski definition) is 3. The topological polar surface area (TPSA) is 21.3 Å². The largest absolute Gasteiger partial charge is 0.495 e. The molecule has 88 valence electrons. The van der Waals surface area contributed by atoms with Crippen molar-refractivity contribution < 1.29 is 4.74 Å². The maximum Gasteiger partial charge on any atom is 0.135 e. The van der Waals surface area contributed by atoms with E-state index in [1.165, 1.54) is 12.2 Å². The highest BCUT2D eigenvalue weighted by molar-refractivity contribution is 9.10. The van der Waals surface area contributed by atoms with Crippen molar-refractivity contribution in [2.75, 3.05) is 18.2 Å². The molecule has 1 saturated heterocycles. The lowest BCUT2D eigenvalue weighted by Gasteiger charge is -2.14. The zero-order valence-corrected chi connectivity index (χ0v) is 11.9. The van der Waals surface area contributed by atoms with Gasteiger partial charge in [0.25, 0.3) is 0 Å². The number of ether oxygens (including phenoxy) is 1. The highest BCUT2D eigenvalue weighted by Gasteiger charge is 2.21. The minimum absolute atomic E-state index is 0.589. The van der Waals surface area contributed by atoms with Crippen LogP contribution in [0.4, 0.5) is 5.69 Å². The van der Waals surface area contributed by atoms with Crippen molar-refractivity contribution in [1.29, 1.82) is 0 Å². The van der Waals surface area contributed by atoms with E-state index in [2.05, 4.69) is 34.2 Å². The molecule has 2 unspecified atom stereocenters. The molecule has 0 radical (unpaired) electrons. The fraction of sp³-hybridized carbons (Fsp3) is 0.500. The first-order chi connectivity index (χ1) is 7.69. The first kappa shape index (κ1) is 12.1. The van der Waals surface area contributed by atoms with Gasteiger partial charge in [-0.1, -0.05) is 6.92 Å². The van der Waals surface area contributed by atoms with Gasteiger partial charge in [0.15, 0.2) is 0 Å². The molecule has 0 bridgehead atoms. The van der Waals surface area contributed by atoms with E-state index in [1.54, 1.807) is 7.11 Å². The van der Waals surface area contributed by atoms with Gasteiger partial charge in [-0.05, 0) is 34.5 Å². The van der Waals surface area contributed by atoms with Gasteiger partial charge in [-0.25, -0.2) is 0 Å². The Hall–Kier alpha value is -0.350. The summed E-state index contributed by atoms with van der Waals surface area (Å²) in [4.78, 5) is 0. The second kappa shape index (κ2) is 5.32. The summed E-state index contributed by atoms with van der Waals surface area (Å²) in [5.74, 6) is 2.07. The van der Waals surface area contributed by atoms with E-state index in [1.807, 2.05) is 23.9 Å². The van der Waals surface area contributed by atoms with E-state index in [0.717, 1.165) is 21.2 Å². The molecule has 1 aliphatic heterocycles. The Morgan fingerprint density at radius 2 is 2.31 bits per heavy atom. The number of methoxy groups -OCH3 is 1. The first-order valence-electron chi connectivity index (χ1n) is 5.40. The number of anilines is 1. The molecular weight excluding hydrogens is 286 g/mol. The van der Waals surface area contributed by atoms with Gasteiger partial charge in [-0.2, -0.15) is 11.8 Å². The van der Waals surface area contributed by atoms with Crippen molar-refractivity contribution in [1.82, 2.24) is 0 Å². The molecule has 0 aliphatic carbocycles. The molecular formula is C12H16BrNOS. The molecule has 4 heteroatoms. The Bertz CT molecular complexity index is 372. The third-order valence-electron chi connectivity index (χ3n) is 2.72. The summed E-state index contributed by atoms with van der Waals surface area (Å²) in [5.41, 5.74) is 1.14. The summed E-state index contributed by atoms with van der Waals surface area (Å²) in [6.07, 6.45) is 1.24. The maximum atomic E-state index is 5.28. The van der Waals surface area contributed by atoms with Crippen molar-refractivity contribution >= 4 is 33.4 Å². The number of hydrogen-bond donors (Lipinski definition) is 1. The Morgan fingerprint density at radius 1 is 1.50 bits per heavy atom. The summed E-state index contributed by atoms with van der Waals surface area (Å²) in [6.45, 7) is 2.29. The summed E-state index contributed by atoms with van der Waals surface area (Å²) in [6, 6.07) is 6.73. The van der Waals surface area contributed by atoms with Crippen LogP contribution in [0.1, 0.15) is 13.3 Å². The van der Waals surface area contributed by atoms with Crippen molar-refractivity contribution in [2.45, 2.75) is 24.6 Å². The van der Waals surface area contributed by atoms with Gasteiger partial charge in [0, 0.05) is 28.8 Å². The Morgan fingerprint density at radius 3 is 2.94 bits per heavy atom. The molecule has 0 amide bonds. The number of benzene rings is 1. The Balaban J connectivity index is 2.04. The summed E-state index contributed by atoms with van der Waals surface area (Å²) in [5, 5.41) is 4.32. The molecule has 1 heterocycles. The molecule has 0 saturated carbocycles. The van der Waals surface area contributed by atoms with Crippen molar-refractivity contribution in [2.24, 2.45) is 0 Å². The molecule has 2 atom stereocenters. The van der Waals surface area contributed by atoms with Crippen LogP contribution in [0.2, 0.25) is 0 Å². The smallest absolute Gasteiger partial charge is 0.135 e. The quantitative estimate of drug-likeness (QED) is 0.918. The lowest BCUT2D eigenvalue weighted by Crippen LogP contribution is -2.18. The second-order valence-electron chi connectivity index (χ2n) is 4.07. The monoisotopic (exact) mass is 301 g/mol. The SMILES string of the molecule is COc1cc(NC2CSC(C)C2)ccc1Br.